The summed E-state index contributed by atoms with van der Waals surface area (Å²) >= 11 is 0. The van der Waals surface area contributed by atoms with Crippen LogP contribution in [0.3, 0.4) is 0 Å². The highest BCUT2D eigenvalue weighted by Gasteiger charge is 2.34. The molecule has 0 radical (unpaired) electrons. The van der Waals surface area contributed by atoms with Gasteiger partial charge >= 0.3 is 5.97 Å². The third-order valence-electron chi connectivity index (χ3n) is 4.91. The standard InChI is InChI=1S/C22H24N4O5/c1-22(2)11-15-17(30-14-5-6-16(23-12-14)21(28)29-4)9-13(10-18(15)31-22)20(27)24-19-7-8-26(3)25-19/h5-10,23H,11-12H2,1-4H3,(H,24,25,27). The number of aryl methyl sites for hydroxylation is 1. The molecule has 0 saturated carbocycles. The van der Waals surface area contributed by atoms with Crippen LogP contribution in [0.2, 0.25) is 0 Å². The molecule has 2 aliphatic heterocycles. The number of ether oxygens (including phenoxy) is 3. The van der Waals surface area contributed by atoms with Gasteiger partial charge in [0.2, 0.25) is 0 Å². The first kappa shape index (κ1) is 20.5. The van der Waals surface area contributed by atoms with Gasteiger partial charge in [0.05, 0.1) is 13.7 Å². The first-order chi connectivity index (χ1) is 14.7. The van der Waals surface area contributed by atoms with Crippen molar-refractivity contribution in [2.75, 3.05) is 19.0 Å². The molecule has 1 aromatic carbocycles. The average Bonchev–Trinajstić information content (AvgIpc) is 3.28. The molecule has 0 fully saturated rings. The molecule has 3 heterocycles. The first-order valence-corrected chi connectivity index (χ1v) is 9.82. The fourth-order valence-corrected chi connectivity index (χ4v) is 3.47. The molecule has 1 amide bonds. The van der Waals surface area contributed by atoms with Gasteiger partial charge in [0.25, 0.3) is 5.91 Å². The van der Waals surface area contributed by atoms with Gasteiger partial charge in [0.15, 0.2) is 5.82 Å². The number of benzene rings is 1. The third kappa shape index (κ3) is 4.40. The van der Waals surface area contributed by atoms with E-state index in [1.807, 2.05) is 13.8 Å². The number of nitrogens with zero attached hydrogens (tertiary/aromatic N) is 2. The molecule has 2 aromatic rings. The van der Waals surface area contributed by atoms with Crippen molar-refractivity contribution in [2.45, 2.75) is 25.9 Å². The fraction of sp³-hybridized carbons (Fsp3) is 0.318. The molecule has 9 nitrogen and oxygen atoms in total. The minimum atomic E-state index is -0.445. The molecule has 9 heteroatoms. The molecular formula is C22H24N4O5. The number of nitrogens with one attached hydrogen (secondary N) is 2. The largest absolute Gasteiger partial charge is 0.487 e. The Kier molecular flexibility index (Phi) is 5.18. The van der Waals surface area contributed by atoms with Crippen molar-refractivity contribution in [1.82, 2.24) is 15.1 Å². The zero-order valence-corrected chi connectivity index (χ0v) is 17.8. The zero-order chi connectivity index (χ0) is 22.2. The van der Waals surface area contributed by atoms with Crippen molar-refractivity contribution in [2.24, 2.45) is 7.05 Å². The van der Waals surface area contributed by atoms with Crippen LogP contribution in [0.4, 0.5) is 5.82 Å². The number of carbonyl (C=O) groups is 2. The number of esters is 1. The molecule has 2 aliphatic rings. The summed E-state index contributed by atoms with van der Waals surface area (Å²) in [4.78, 5) is 24.5. The van der Waals surface area contributed by atoms with Crippen LogP contribution in [0, 0.1) is 0 Å². The van der Waals surface area contributed by atoms with E-state index in [0.29, 0.717) is 47.3 Å². The SMILES string of the molecule is COC(=O)C1=CC=C(Oc2cc(C(=O)Nc3ccn(C)n3)cc3c2CC(C)(C)O3)CN1. The number of methoxy groups -OCH3 is 1. The molecule has 1 aromatic heterocycles. The quantitative estimate of drug-likeness (QED) is 0.710. The third-order valence-corrected chi connectivity index (χ3v) is 4.91. The van der Waals surface area contributed by atoms with Gasteiger partial charge in [-0.1, -0.05) is 0 Å². The Hall–Kier alpha value is -3.75. The second-order valence-corrected chi connectivity index (χ2v) is 7.98. The minimum absolute atomic E-state index is 0.310. The van der Waals surface area contributed by atoms with E-state index < -0.39 is 11.6 Å². The fourth-order valence-electron chi connectivity index (χ4n) is 3.47. The summed E-state index contributed by atoms with van der Waals surface area (Å²) in [5, 5.41) is 9.92. The van der Waals surface area contributed by atoms with Crippen LogP contribution in [-0.4, -0.2) is 40.9 Å². The molecule has 0 bridgehead atoms. The lowest BCUT2D eigenvalue weighted by Gasteiger charge is -2.18. The van der Waals surface area contributed by atoms with Crippen molar-refractivity contribution >= 4 is 17.7 Å². The maximum atomic E-state index is 12.8. The molecular weight excluding hydrogens is 400 g/mol. The zero-order valence-electron chi connectivity index (χ0n) is 17.8. The van der Waals surface area contributed by atoms with Crippen LogP contribution >= 0.6 is 0 Å². The monoisotopic (exact) mass is 424 g/mol. The van der Waals surface area contributed by atoms with E-state index >= 15 is 0 Å². The highest BCUT2D eigenvalue weighted by Crippen LogP contribution is 2.42. The van der Waals surface area contributed by atoms with Gasteiger partial charge in [-0.15, -0.1) is 0 Å². The van der Waals surface area contributed by atoms with E-state index in [1.54, 1.807) is 48.3 Å². The van der Waals surface area contributed by atoms with Gasteiger partial charge in [-0.05, 0) is 38.1 Å². The van der Waals surface area contributed by atoms with Crippen LogP contribution in [0.5, 0.6) is 11.5 Å². The number of amides is 1. The van der Waals surface area contributed by atoms with Crippen molar-refractivity contribution in [3.63, 3.8) is 0 Å². The normalized spacial score (nSPS) is 16.3. The van der Waals surface area contributed by atoms with Crippen molar-refractivity contribution in [3.8, 4) is 11.5 Å². The molecule has 0 unspecified atom stereocenters. The molecule has 4 rings (SSSR count). The maximum absolute atomic E-state index is 12.8. The Bertz CT molecular complexity index is 1110. The van der Waals surface area contributed by atoms with E-state index in [-0.39, 0.29) is 5.91 Å². The summed E-state index contributed by atoms with van der Waals surface area (Å²) in [6.07, 6.45) is 5.70. The minimum Gasteiger partial charge on any atom is -0.487 e. The number of carbonyl (C=O) groups excluding carboxylic acids is 2. The first-order valence-electron chi connectivity index (χ1n) is 9.82. The number of hydrogen-bond acceptors (Lipinski definition) is 7. The van der Waals surface area contributed by atoms with Crippen LogP contribution < -0.4 is 20.1 Å². The van der Waals surface area contributed by atoms with Gasteiger partial charge in [-0.2, -0.15) is 5.10 Å². The lowest BCUT2D eigenvalue weighted by molar-refractivity contribution is -0.136. The maximum Gasteiger partial charge on any atom is 0.354 e. The molecule has 31 heavy (non-hydrogen) atoms. The van der Waals surface area contributed by atoms with Gasteiger partial charge in [0.1, 0.15) is 28.6 Å². The van der Waals surface area contributed by atoms with E-state index in [2.05, 4.69) is 15.7 Å². The van der Waals surface area contributed by atoms with Crippen LogP contribution in [0.15, 0.2) is 48.0 Å². The van der Waals surface area contributed by atoms with Gasteiger partial charge < -0.3 is 24.8 Å². The highest BCUT2D eigenvalue weighted by molar-refractivity contribution is 6.04. The average molecular weight is 424 g/mol. The Morgan fingerprint density at radius 3 is 2.74 bits per heavy atom. The summed E-state index contributed by atoms with van der Waals surface area (Å²) < 4.78 is 18.5. The molecule has 162 valence electrons. The van der Waals surface area contributed by atoms with Crippen LogP contribution in [-0.2, 0) is 23.0 Å². The van der Waals surface area contributed by atoms with Crippen molar-refractivity contribution in [3.05, 3.63) is 59.1 Å². The highest BCUT2D eigenvalue weighted by atomic mass is 16.5. The smallest absolute Gasteiger partial charge is 0.354 e. The molecule has 0 spiro atoms. The Morgan fingerprint density at radius 2 is 2.10 bits per heavy atom. The van der Waals surface area contributed by atoms with Gasteiger partial charge in [-0.25, -0.2) is 4.79 Å². The van der Waals surface area contributed by atoms with Gasteiger partial charge in [-0.3, -0.25) is 9.48 Å². The van der Waals surface area contributed by atoms with Crippen LogP contribution in [0.1, 0.15) is 29.8 Å². The number of fused-ring (bicyclic) bond motifs is 1. The van der Waals surface area contributed by atoms with Gasteiger partial charge in [0, 0.05) is 36.9 Å². The Morgan fingerprint density at radius 1 is 1.29 bits per heavy atom. The summed E-state index contributed by atoms with van der Waals surface area (Å²) in [5.41, 5.74) is 1.23. The van der Waals surface area contributed by atoms with E-state index in [9.17, 15) is 9.59 Å². The topological polar surface area (TPSA) is 104 Å². The predicted molar refractivity (Wildman–Crippen MR) is 113 cm³/mol. The number of allylic oxidation sites excluding steroid dienone is 2. The summed E-state index contributed by atoms with van der Waals surface area (Å²) in [6.45, 7) is 4.28. The Balaban J connectivity index is 1.62. The van der Waals surface area contributed by atoms with Crippen molar-refractivity contribution in [1.29, 1.82) is 0 Å². The van der Waals surface area contributed by atoms with E-state index in [4.69, 9.17) is 14.2 Å². The number of dihydropyridines is 1. The molecule has 0 aliphatic carbocycles. The summed E-state index contributed by atoms with van der Waals surface area (Å²) in [5.74, 6) is 1.45. The second kappa shape index (κ2) is 7.82. The second-order valence-electron chi connectivity index (χ2n) is 7.98. The lowest BCUT2D eigenvalue weighted by atomic mass is 9.99. The molecule has 2 N–H and O–H groups in total. The Labute approximate surface area is 179 Å². The van der Waals surface area contributed by atoms with Crippen LogP contribution in [0.25, 0.3) is 0 Å². The van der Waals surface area contributed by atoms with E-state index in [0.717, 1.165) is 5.56 Å². The van der Waals surface area contributed by atoms with E-state index in [1.165, 1.54) is 7.11 Å². The molecule has 0 saturated heterocycles. The lowest BCUT2D eigenvalue weighted by Crippen LogP contribution is -2.27. The summed E-state index contributed by atoms with van der Waals surface area (Å²) in [6, 6.07) is 5.13. The summed E-state index contributed by atoms with van der Waals surface area (Å²) in [7, 11) is 3.10. The number of hydrogen-bond donors (Lipinski definition) is 2. The predicted octanol–water partition coefficient (Wildman–Crippen LogP) is 2.31. The number of rotatable bonds is 5. The number of anilines is 1. The number of aromatic nitrogens is 2. The van der Waals surface area contributed by atoms with Crippen molar-refractivity contribution < 1.29 is 23.8 Å². The molecule has 0 atom stereocenters.